The summed E-state index contributed by atoms with van der Waals surface area (Å²) in [6.45, 7) is 0.126. The normalized spacial score (nSPS) is 15.0. The summed E-state index contributed by atoms with van der Waals surface area (Å²) in [6, 6.07) is 8.12. The van der Waals surface area contributed by atoms with Crippen molar-refractivity contribution in [3.8, 4) is 0 Å². The predicted molar refractivity (Wildman–Crippen MR) is 83.3 cm³/mol. The number of rotatable bonds is 5. The monoisotopic (exact) mass is 302 g/mol. The molecule has 116 valence electrons. The summed E-state index contributed by atoms with van der Waals surface area (Å²) < 4.78 is 14.7. The van der Waals surface area contributed by atoms with E-state index >= 15 is 0 Å². The molecule has 1 aliphatic rings. The van der Waals surface area contributed by atoms with Crippen molar-refractivity contribution in [2.75, 3.05) is 17.2 Å². The quantitative estimate of drug-likeness (QED) is 0.891. The number of carbonyl (C=O) groups is 1. The lowest BCUT2D eigenvalue weighted by molar-refractivity contribution is -0.114. The Hall–Kier alpha value is -2.37. The van der Waals surface area contributed by atoms with E-state index in [1.54, 1.807) is 18.3 Å². The molecule has 0 atom stereocenters. The molecule has 1 aromatic carbocycles. The lowest BCUT2D eigenvalue weighted by atomic mass is 10.2. The van der Waals surface area contributed by atoms with Crippen LogP contribution in [0.1, 0.15) is 31.7 Å². The topological polar surface area (TPSA) is 59.0 Å². The third-order valence-corrected chi connectivity index (χ3v) is 3.91. The molecule has 1 aliphatic carbocycles. The van der Waals surface area contributed by atoms with Crippen molar-refractivity contribution < 1.29 is 9.18 Å². The molecule has 0 saturated heterocycles. The summed E-state index contributed by atoms with van der Waals surface area (Å²) in [5.74, 6) is 0.289. The molecule has 0 bridgehead atoms. The molecular weight excluding hydrogens is 283 g/mol. The third-order valence-electron chi connectivity index (χ3n) is 3.91. The highest BCUT2D eigenvalue weighted by Gasteiger charge is 2.20. The molecule has 0 spiro atoms. The van der Waals surface area contributed by atoms with E-state index in [0.717, 1.165) is 18.7 Å². The van der Waals surface area contributed by atoms with E-state index in [-0.39, 0.29) is 18.3 Å². The van der Waals surface area contributed by atoms with Gasteiger partial charge in [-0.2, -0.15) is 5.10 Å². The van der Waals surface area contributed by atoms with Gasteiger partial charge in [-0.1, -0.05) is 12.8 Å². The number of hydrogen-bond donors (Lipinski definition) is 2. The Morgan fingerprint density at radius 3 is 2.68 bits per heavy atom. The number of benzene rings is 1. The second kappa shape index (κ2) is 6.60. The molecule has 1 heterocycles. The van der Waals surface area contributed by atoms with Gasteiger partial charge in [0.2, 0.25) is 5.91 Å². The Morgan fingerprint density at radius 1 is 1.23 bits per heavy atom. The molecule has 5 nitrogen and oxygen atoms in total. The summed E-state index contributed by atoms with van der Waals surface area (Å²) >= 11 is 0. The fourth-order valence-electron chi connectivity index (χ4n) is 2.79. The van der Waals surface area contributed by atoms with E-state index in [2.05, 4.69) is 15.7 Å². The molecule has 2 N–H and O–H groups in total. The fraction of sp³-hybridized carbons (Fsp3) is 0.375. The molecule has 2 aromatic rings. The minimum atomic E-state index is -0.296. The van der Waals surface area contributed by atoms with Crippen LogP contribution < -0.4 is 10.6 Å². The number of nitrogens with zero attached hydrogens (tertiary/aromatic N) is 2. The van der Waals surface area contributed by atoms with Crippen LogP contribution in [0.2, 0.25) is 0 Å². The molecule has 1 aromatic heterocycles. The van der Waals surface area contributed by atoms with E-state index in [1.807, 2.05) is 10.7 Å². The molecule has 1 fully saturated rings. The van der Waals surface area contributed by atoms with Gasteiger partial charge in [-0.3, -0.25) is 4.79 Å². The summed E-state index contributed by atoms with van der Waals surface area (Å²) in [6.07, 6.45) is 6.35. The maximum atomic E-state index is 12.8. The number of anilines is 2. The maximum absolute atomic E-state index is 12.8. The van der Waals surface area contributed by atoms with Crippen molar-refractivity contribution in [1.82, 2.24) is 9.78 Å². The Labute approximate surface area is 128 Å². The van der Waals surface area contributed by atoms with Crippen LogP contribution in [-0.2, 0) is 4.79 Å². The van der Waals surface area contributed by atoms with Gasteiger partial charge in [-0.15, -0.1) is 0 Å². The third kappa shape index (κ3) is 3.44. The second-order valence-corrected chi connectivity index (χ2v) is 5.51. The summed E-state index contributed by atoms with van der Waals surface area (Å²) in [7, 11) is 0. The van der Waals surface area contributed by atoms with Crippen LogP contribution in [0.25, 0.3) is 0 Å². The van der Waals surface area contributed by atoms with Crippen molar-refractivity contribution in [3.05, 3.63) is 42.3 Å². The van der Waals surface area contributed by atoms with E-state index in [0.29, 0.717) is 11.7 Å². The van der Waals surface area contributed by atoms with E-state index < -0.39 is 0 Å². The lowest BCUT2D eigenvalue weighted by Gasteiger charge is -2.15. The van der Waals surface area contributed by atoms with Crippen molar-refractivity contribution in [3.63, 3.8) is 0 Å². The van der Waals surface area contributed by atoms with Gasteiger partial charge >= 0.3 is 0 Å². The smallest absolute Gasteiger partial charge is 0.244 e. The number of hydrogen-bond acceptors (Lipinski definition) is 3. The predicted octanol–water partition coefficient (Wildman–Crippen LogP) is 3.19. The van der Waals surface area contributed by atoms with Gasteiger partial charge in [-0.05, 0) is 37.1 Å². The van der Waals surface area contributed by atoms with Gasteiger partial charge in [0.25, 0.3) is 0 Å². The first-order valence-corrected chi connectivity index (χ1v) is 7.55. The van der Waals surface area contributed by atoms with Gasteiger partial charge in [0.05, 0.1) is 18.8 Å². The molecule has 0 radical (unpaired) electrons. The van der Waals surface area contributed by atoms with Crippen molar-refractivity contribution in [2.24, 2.45) is 0 Å². The number of carbonyl (C=O) groups excluding carboxylic acids is 1. The average molecular weight is 302 g/mol. The van der Waals surface area contributed by atoms with Gasteiger partial charge in [-0.25, -0.2) is 9.07 Å². The lowest BCUT2D eigenvalue weighted by Crippen LogP contribution is -2.24. The van der Waals surface area contributed by atoms with E-state index in [1.165, 1.54) is 25.0 Å². The van der Waals surface area contributed by atoms with Gasteiger partial charge in [0.15, 0.2) is 0 Å². The Morgan fingerprint density at radius 2 is 1.95 bits per heavy atom. The molecular formula is C16H19FN4O. The van der Waals surface area contributed by atoms with Crippen LogP contribution in [0.15, 0.2) is 36.5 Å². The van der Waals surface area contributed by atoms with Crippen LogP contribution in [0, 0.1) is 5.82 Å². The van der Waals surface area contributed by atoms with E-state index in [4.69, 9.17) is 0 Å². The fourth-order valence-corrected chi connectivity index (χ4v) is 2.79. The average Bonchev–Trinajstić information content (AvgIpc) is 3.17. The molecule has 1 saturated carbocycles. The van der Waals surface area contributed by atoms with Crippen LogP contribution >= 0.6 is 0 Å². The SMILES string of the molecule is O=C(CNc1ccc(F)cc1)Nc1ccnn1C1CCCC1. The number of amides is 1. The number of nitrogens with one attached hydrogen (secondary N) is 2. The summed E-state index contributed by atoms with van der Waals surface area (Å²) in [5, 5.41) is 10.2. The van der Waals surface area contributed by atoms with Crippen LogP contribution in [-0.4, -0.2) is 22.2 Å². The minimum absolute atomic E-state index is 0.126. The molecule has 0 unspecified atom stereocenters. The first-order valence-electron chi connectivity index (χ1n) is 7.55. The van der Waals surface area contributed by atoms with Gasteiger partial charge in [0, 0.05) is 11.8 Å². The molecule has 6 heteroatoms. The van der Waals surface area contributed by atoms with Crippen LogP contribution in [0.3, 0.4) is 0 Å². The molecule has 3 rings (SSSR count). The minimum Gasteiger partial charge on any atom is -0.376 e. The second-order valence-electron chi connectivity index (χ2n) is 5.51. The highest BCUT2D eigenvalue weighted by molar-refractivity contribution is 5.93. The van der Waals surface area contributed by atoms with Crippen molar-refractivity contribution in [1.29, 1.82) is 0 Å². The maximum Gasteiger partial charge on any atom is 0.244 e. The summed E-state index contributed by atoms with van der Waals surface area (Å²) in [4.78, 5) is 12.0. The van der Waals surface area contributed by atoms with Gasteiger partial charge < -0.3 is 10.6 Å². The molecule has 0 aliphatic heterocycles. The largest absolute Gasteiger partial charge is 0.376 e. The number of aromatic nitrogens is 2. The Bertz CT molecular complexity index is 632. The number of halogens is 1. The van der Waals surface area contributed by atoms with Crippen molar-refractivity contribution >= 4 is 17.4 Å². The standard InChI is InChI=1S/C16H19FN4O/c17-12-5-7-13(8-6-12)18-11-16(22)20-15-9-10-19-21(15)14-3-1-2-4-14/h5-10,14,18H,1-4,11H2,(H,20,22). The zero-order chi connectivity index (χ0) is 15.4. The Kier molecular flexibility index (Phi) is 4.37. The zero-order valence-corrected chi connectivity index (χ0v) is 12.3. The van der Waals surface area contributed by atoms with Crippen LogP contribution in [0.5, 0.6) is 0 Å². The highest BCUT2D eigenvalue weighted by Crippen LogP contribution is 2.31. The zero-order valence-electron chi connectivity index (χ0n) is 12.3. The molecule has 22 heavy (non-hydrogen) atoms. The first-order chi connectivity index (χ1) is 10.7. The van der Waals surface area contributed by atoms with Crippen LogP contribution in [0.4, 0.5) is 15.9 Å². The van der Waals surface area contributed by atoms with E-state index in [9.17, 15) is 9.18 Å². The van der Waals surface area contributed by atoms with Crippen molar-refractivity contribution in [2.45, 2.75) is 31.7 Å². The summed E-state index contributed by atoms with van der Waals surface area (Å²) in [5.41, 5.74) is 0.709. The highest BCUT2D eigenvalue weighted by atomic mass is 19.1. The first kappa shape index (κ1) is 14.6. The molecule has 1 amide bonds. The Balaban J connectivity index is 1.55. The van der Waals surface area contributed by atoms with Gasteiger partial charge in [0.1, 0.15) is 11.6 Å².